The second-order valence-corrected chi connectivity index (χ2v) is 7.65. The van der Waals surface area contributed by atoms with Crippen LogP contribution in [0.3, 0.4) is 0 Å². The summed E-state index contributed by atoms with van der Waals surface area (Å²) in [5, 5.41) is 5.56. The average molecular weight is 347 g/mol. The molecule has 2 aromatic carbocycles. The third kappa shape index (κ3) is 4.73. The third-order valence-corrected chi connectivity index (χ3v) is 4.57. The lowest BCUT2D eigenvalue weighted by atomic mass is 10.2. The number of nitrogens with zero attached hydrogens (tertiary/aromatic N) is 1. The molecule has 0 atom stereocenters. The molecule has 24 heavy (non-hydrogen) atoms. The van der Waals surface area contributed by atoms with Crippen molar-refractivity contribution < 1.29 is 13.2 Å². The number of anilines is 2. The minimum atomic E-state index is -3.21. The van der Waals surface area contributed by atoms with Crippen LogP contribution in [0.5, 0.6) is 0 Å². The highest BCUT2D eigenvalue weighted by Gasteiger charge is 2.09. The fourth-order valence-corrected chi connectivity index (χ4v) is 2.80. The minimum absolute atomic E-state index is 0.260. The molecule has 0 spiro atoms. The molecular weight excluding hydrogens is 326 g/mol. The van der Waals surface area contributed by atoms with Gasteiger partial charge in [-0.15, -0.1) is 0 Å². The Morgan fingerprint density at radius 1 is 1.04 bits per heavy atom. The van der Waals surface area contributed by atoms with Crippen molar-refractivity contribution in [2.75, 3.05) is 30.6 Å². The van der Waals surface area contributed by atoms with Crippen molar-refractivity contribution in [1.29, 1.82) is 0 Å². The van der Waals surface area contributed by atoms with Gasteiger partial charge in [-0.3, -0.25) is 0 Å². The summed E-state index contributed by atoms with van der Waals surface area (Å²) in [7, 11) is 0.600. The molecule has 2 amide bonds. The van der Waals surface area contributed by atoms with E-state index in [1.54, 1.807) is 12.1 Å². The number of sulfone groups is 1. The van der Waals surface area contributed by atoms with Gasteiger partial charge in [0.25, 0.3) is 0 Å². The molecule has 0 fully saturated rings. The minimum Gasteiger partial charge on any atom is -0.376 e. The van der Waals surface area contributed by atoms with Crippen LogP contribution < -0.4 is 15.5 Å². The number of rotatable bonds is 5. The van der Waals surface area contributed by atoms with Crippen LogP contribution in [-0.4, -0.2) is 34.8 Å². The summed E-state index contributed by atoms with van der Waals surface area (Å²) in [6.45, 7) is 0.306. The van der Waals surface area contributed by atoms with E-state index in [9.17, 15) is 13.2 Å². The second kappa shape index (κ2) is 7.35. The molecule has 0 aliphatic heterocycles. The van der Waals surface area contributed by atoms with Crippen LogP contribution in [0.25, 0.3) is 0 Å². The Morgan fingerprint density at radius 3 is 2.25 bits per heavy atom. The SMILES string of the molecule is CN(C)c1ccccc1NC(=O)NCc1ccc(S(C)(=O)=O)cc1. The number of carbonyl (C=O) groups excluding carboxylic acids is 1. The zero-order chi connectivity index (χ0) is 17.7. The van der Waals surface area contributed by atoms with Crippen LogP contribution in [0.2, 0.25) is 0 Å². The summed E-state index contributed by atoms with van der Waals surface area (Å²) in [5.74, 6) is 0. The van der Waals surface area contributed by atoms with Crippen molar-refractivity contribution in [3.8, 4) is 0 Å². The lowest BCUT2D eigenvalue weighted by Crippen LogP contribution is -2.29. The van der Waals surface area contributed by atoms with E-state index in [0.29, 0.717) is 12.2 Å². The monoisotopic (exact) mass is 347 g/mol. The van der Waals surface area contributed by atoms with Gasteiger partial charge >= 0.3 is 6.03 Å². The highest BCUT2D eigenvalue weighted by Crippen LogP contribution is 2.23. The molecule has 0 heterocycles. The molecule has 6 nitrogen and oxygen atoms in total. The summed E-state index contributed by atoms with van der Waals surface area (Å²) in [5.41, 5.74) is 2.44. The van der Waals surface area contributed by atoms with E-state index in [0.717, 1.165) is 17.5 Å². The molecule has 0 saturated carbocycles. The average Bonchev–Trinajstić information content (AvgIpc) is 2.53. The summed E-state index contributed by atoms with van der Waals surface area (Å²) < 4.78 is 22.8. The Kier molecular flexibility index (Phi) is 5.46. The van der Waals surface area contributed by atoms with E-state index >= 15 is 0 Å². The summed E-state index contributed by atoms with van der Waals surface area (Å²) in [4.78, 5) is 14.2. The molecule has 0 radical (unpaired) electrons. The van der Waals surface area contributed by atoms with E-state index in [1.807, 2.05) is 43.3 Å². The van der Waals surface area contributed by atoms with Crippen molar-refractivity contribution in [2.45, 2.75) is 11.4 Å². The summed E-state index contributed by atoms with van der Waals surface area (Å²) in [6.07, 6.45) is 1.16. The lowest BCUT2D eigenvalue weighted by Gasteiger charge is -2.18. The fraction of sp³-hybridized carbons (Fsp3) is 0.235. The van der Waals surface area contributed by atoms with Crippen molar-refractivity contribution in [1.82, 2.24) is 5.32 Å². The van der Waals surface area contributed by atoms with E-state index in [2.05, 4.69) is 10.6 Å². The van der Waals surface area contributed by atoms with Gasteiger partial charge in [-0.25, -0.2) is 13.2 Å². The number of carbonyl (C=O) groups is 1. The zero-order valence-electron chi connectivity index (χ0n) is 13.9. The maximum atomic E-state index is 12.1. The van der Waals surface area contributed by atoms with Crippen LogP contribution in [0.4, 0.5) is 16.2 Å². The summed E-state index contributed by atoms with van der Waals surface area (Å²) in [6, 6.07) is 13.6. The Morgan fingerprint density at radius 2 is 1.67 bits per heavy atom. The van der Waals surface area contributed by atoms with Gasteiger partial charge in [-0.1, -0.05) is 24.3 Å². The van der Waals surface area contributed by atoms with E-state index in [4.69, 9.17) is 0 Å². The van der Waals surface area contributed by atoms with Crippen LogP contribution >= 0.6 is 0 Å². The quantitative estimate of drug-likeness (QED) is 0.871. The number of benzene rings is 2. The molecule has 0 aliphatic rings. The molecule has 0 aromatic heterocycles. The molecular formula is C17H21N3O3S. The van der Waals surface area contributed by atoms with E-state index in [1.165, 1.54) is 12.1 Å². The van der Waals surface area contributed by atoms with Crippen LogP contribution in [0.1, 0.15) is 5.56 Å². The largest absolute Gasteiger partial charge is 0.376 e. The lowest BCUT2D eigenvalue weighted by molar-refractivity contribution is 0.251. The Balaban J connectivity index is 1.97. The first-order valence-electron chi connectivity index (χ1n) is 7.37. The summed E-state index contributed by atoms with van der Waals surface area (Å²) >= 11 is 0. The van der Waals surface area contributed by atoms with Gasteiger partial charge in [0.15, 0.2) is 9.84 Å². The molecule has 7 heteroatoms. The zero-order valence-corrected chi connectivity index (χ0v) is 14.7. The first-order chi connectivity index (χ1) is 11.3. The molecule has 0 bridgehead atoms. The van der Waals surface area contributed by atoms with Gasteiger partial charge in [-0.05, 0) is 29.8 Å². The number of amides is 2. The molecule has 2 aromatic rings. The first kappa shape index (κ1) is 17.8. The maximum absolute atomic E-state index is 12.1. The number of hydrogen-bond donors (Lipinski definition) is 2. The molecule has 0 unspecified atom stereocenters. The Labute approximate surface area is 142 Å². The molecule has 128 valence electrons. The number of para-hydroxylation sites is 2. The van der Waals surface area contributed by atoms with Crippen LogP contribution in [0, 0.1) is 0 Å². The van der Waals surface area contributed by atoms with Gasteiger partial charge in [0.1, 0.15) is 0 Å². The van der Waals surface area contributed by atoms with Crippen molar-refractivity contribution in [3.05, 3.63) is 54.1 Å². The van der Waals surface area contributed by atoms with Gasteiger partial charge in [0.2, 0.25) is 0 Å². The van der Waals surface area contributed by atoms with Crippen LogP contribution in [-0.2, 0) is 16.4 Å². The smallest absolute Gasteiger partial charge is 0.319 e. The maximum Gasteiger partial charge on any atom is 0.319 e. The number of urea groups is 1. The fourth-order valence-electron chi connectivity index (χ4n) is 2.17. The van der Waals surface area contributed by atoms with Crippen molar-refractivity contribution in [3.63, 3.8) is 0 Å². The standard InChI is InChI=1S/C17H21N3O3S/c1-20(2)16-7-5-4-6-15(16)19-17(21)18-12-13-8-10-14(11-9-13)24(3,22)23/h4-11H,12H2,1-3H3,(H2,18,19,21). The molecule has 2 N–H and O–H groups in total. The molecule has 2 rings (SSSR count). The van der Waals surface area contributed by atoms with Gasteiger partial charge < -0.3 is 15.5 Å². The van der Waals surface area contributed by atoms with Gasteiger partial charge in [-0.2, -0.15) is 0 Å². The third-order valence-electron chi connectivity index (χ3n) is 3.44. The Hall–Kier alpha value is -2.54. The van der Waals surface area contributed by atoms with Crippen molar-refractivity contribution >= 4 is 27.2 Å². The topological polar surface area (TPSA) is 78.5 Å². The predicted octanol–water partition coefficient (Wildman–Crippen LogP) is 2.48. The number of hydrogen-bond acceptors (Lipinski definition) is 4. The highest BCUT2D eigenvalue weighted by atomic mass is 32.2. The normalized spacial score (nSPS) is 11.0. The van der Waals surface area contributed by atoms with Gasteiger partial charge in [0, 0.05) is 26.9 Å². The highest BCUT2D eigenvalue weighted by molar-refractivity contribution is 7.90. The number of nitrogens with one attached hydrogen (secondary N) is 2. The van der Waals surface area contributed by atoms with Crippen LogP contribution in [0.15, 0.2) is 53.4 Å². The molecule has 0 saturated heterocycles. The molecule has 0 aliphatic carbocycles. The van der Waals surface area contributed by atoms with E-state index in [-0.39, 0.29) is 10.9 Å². The van der Waals surface area contributed by atoms with Gasteiger partial charge in [0.05, 0.1) is 16.3 Å². The van der Waals surface area contributed by atoms with Crippen molar-refractivity contribution in [2.24, 2.45) is 0 Å². The first-order valence-corrected chi connectivity index (χ1v) is 9.27. The second-order valence-electron chi connectivity index (χ2n) is 5.64. The Bertz CT molecular complexity index is 815. The predicted molar refractivity (Wildman–Crippen MR) is 96.2 cm³/mol. The van der Waals surface area contributed by atoms with E-state index < -0.39 is 9.84 Å².